The lowest BCUT2D eigenvalue weighted by Crippen LogP contribution is -2.54. The summed E-state index contributed by atoms with van der Waals surface area (Å²) in [5.74, 6) is 0. The second kappa shape index (κ2) is 3.94. The van der Waals surface area contributed by atoms with Gasteiger partial charge in [-0.05, 0) is 12.8 Å². The van der Waals surface area contributed by atoms with Crippen molar-refractivity contribution in [1.29, 1.82) is 0 Å². The first-order valence-electron chi connectivity index (χ1n) is 4.33. The van der Waals surface area contributed by atoms with Crippen LogP contribution in [0.2, 0.25) is 0 Å². The Morgan fingerprint density at radius 3 is 2.00 bits per heavy atom. The van der Waals surface area contributed by atoms with Crippen LogP contribution in [0.25, 0.3) is 0 Å². The Morgan fingerprint density at radius 1 is 1.10 bits per heavy atom. The molecule has 1 rings (SSSR count). The van der Waals surface area contributed by atoms with Crippen LogP contribution in [-0.2, 0) is 0 Å². The SMILES string of the molecule is CC[C@H]1CNC[C@H](CC)N1. The molecule has 0 unspecified atom stereocenters. The summed E-state index contributed by atoms with van der Waals surface area (Å²) in [7, 11) is 0. The molecule has 0 aliphatic carbocycles. The summed E-state index contributed by atoms with van der Waals surface area (Å²) in [5.41, 5.74) is 0. The Labute approximate surface area is 63.4 Å². The lowest BCUT2D eigenvalue weighted by atomic mass is 10.1. The molecule has 0 amide bonds. The van der Waals surface area contributed by atoms with E-state index in [0.29, 0.717) is 12.1 Å². The maximum atomic E-state index is 3.59. The molecule has 60 valence electrons. The predicted molar refractivity (Wildman–Crippen MR) is 44.2 cm³/mol. The van der Waals surface area contributed by atoms with Crippen molar-refractivity contribution in [2.75, 3.05) is 13.1 Å². The quantitative estimate of drug-likeness (QED) is 0.594. The average molecular weight is 142 g/mol. The molecule has 2 heteroatoms. The largest absolute Gasteiger partial charge is 0.314 e. The highest BCUT2D eigenvalue weighted by molar-refractivity contribution is 4.81. The number of nitrogens with one attached hydrogen (secondary N) is 2. The van der Waals surface area contributed by atoms with Crippen LogP contribution in [0.4, 0.5) is 0 Å². The number of hydrogen-bond donors (Lipinski definition) is 2. The Balaban J connectivity index is 2.25. The van der Waals surface area contributed by atoms with Gasteiger partial charge in [-0.1, -0.05) is 13.8 Å². The van der Waals surface area contributed by atoms with E-state index in [2.05, 4.69) is 24.5 Å². The molecule has 1 aliphatic heterocycles. The van der Waals surface area contributed by atoms with E-state index in [1.807, 2.05) is 0 Å². The second-order valence-corrected chi connectivity index (χ2v) is 3.04. The molecule has 1 saturated heterocycles. The van der Waals surface area contributed by atoms with Gasteiger partial charge in [-0.3, -0.25) is 0 Å². The topological polar surface area (TPSA) is 24.1 Å². The maximum absolute atomic E-state index is 3.59. The number of hydrogen-bond acceptors (Lipinski definition) is 2. The van der Waals surface area contributed by atoms with Crippen molar-refractivity contribution in [3.63, 3.8) is 0 Å². The van der Waals surface area contributed by atoms with E-state index in [1.54, 1.807) is 0 Å². The summed E-state index contributed by atoms with van der Waals surface area (Å²) < 4.78 is 0. The fourth-order valence-electron chi connectivity index (χ4n) is 1.41. The molecule has 0 spiro atoms. The highest BCUT2D eigenvalue weighted by Gasteiger charge is 2.16. The summed E-state index contributed by atoms with van der Waals surface area (Å²) in [6, 6.07) is 1.41. The van der Waals surface area contributed by atoms with E-state index in [-0.39, 0.29) is 0 Å². The first-order valence-corrected chi connectivity index (χ1v) is 4.33. The van der Waals surface area contributed by atoms with Crippen LogP contribution in [0.5, 0.6) is 0 Å². The van der Waals surface area contributed by atoms with Gasteiger partial charge in [0.15, 0.2) is 0 Å². The van der Waals surface area contributed by atoms with Gasteiger partial charge in [0.25, 0.3) is 0 Å². The highest BCUT2D eigenvalue weighted by Crippen LogP contribution is 2.00. The fourth-order valence-corrected chi connectivity index (χ4v) is 1.41. The van der Waals surface area contributed by atoms with Crippen molar-refractivity contribution in [2.24, 2.45) is 0 Å². The van der Waals surface area contributed by atoms with Crippen molar-refractivity contribution in [1.82, 2.24) is 10.6 Å². The minimum absolute atomic E-state index is 0.707. The molecule has 1 fully saturated rings. The molecule has 0 radical (unpaired) electrons. The Kier molecular flexibility index (Phi) is 3.16. The molecule has 2 atom stereocenters. The van der Waals surface area contributed by atoms with E-state index < -0.39 is 0 Å². The molecule has 2 N–H and O–H groups in total. The van der Waals surface area contributed by atoms with Gasteiger partial charge >= 0.3 is 0 Å². The van der Waals surface area contributed by atoms with Gasteiger partial charge in [0, 0.05) is 25.2 Å². The van der Waals surface area contributed by atoms with E-state index in [0.717, 1.165) is 13.1 Å². The average Bonchev–Trinajstić information content (AvgIpc) is 2.05. The molecule has 0 bridgehead atoms. The van der Waals surface area contributed by atoms with Crippen molar-refractivity contribution < 1.29 is 0 Å². The minimum atomic E-state index is 0.707. The molecule has 0 aromatic rings. The molecule has 1 heterocycles. The van der Waals surface area contributed by atoms with Crippen LogP contribution < -0.4 is 10.6 Å². The number of rotatable bonds is 2. The van der Waals surface area contributed by atoms with Gasteiger partial charge in [-0.2, -0.15) is 0 Å². The minimum Gasteiger partial charge on any atom is -0.314 e. The second-order valence-electron chi connectivity index (χ2n) is 3.04. The molecule has 0 aromatic carbocycles. The van der Waals surface area contributed by atoms with Gasteiger partial charge in [-0.15, -0.1) is 0 Å². The van der Waals surface area contributed by atoms with Crippen molar-refractivity contribution in [3.05, 3.63) is 0 Å². The number of piperazine rings is 1. The third-order valence-electron chi connectivity index (χ3n) is 2.24. The first-order chi connectivity index (χ1) is 4.86. The Hall–Kier alpha value is -0.0800. The van der Waals surface area contributed by atoms with Crippen LogP contribution in [0.3, 0.4) is 0 Å². The molecule has 10 heavy (non-hydrogen) atoms. The lowest BCUT2D eigenvalue weighted by Gasteiger charge is -2.30. The lowest BCUT2D eigenvalue weighted by molar-refractivity contribution is 0.326. The zero-order valence-corrected chi connectivity index (χ0v) is 6.98. The zero-order valence-electron chi connectivity index (χ0n) is 6.98. The molecule has 0 aromatic heterocycles. The van der Waals surface area contributed by atoms with Gasteiger partial charge in [0.1, 0.15) is 0 Å². The van der Waals surface area contributed by atoms with E-state index >= 15 is 0 Å². The standard InChI is InChI=1S/C8H18N2/c1-3-7-5-9-6-8(4-2)10-7/h7-10H,3-6H2,1-2H3/t7-,8-/m0/s1. The van der Waals surface area contributed by atoms with Crippen LogP contribution in [0.1, 0.15) is 26.7 Å². The Morgan fingerprint density at radius 2 is 1.60 bits per heavy atom. The highest BCUT2D eigenvalue weighted by atomic mass is 15.1. The monoisotopic (exact) mass is 142 g/mol. The zero-order chi connectivity index (χ0) is 7.40. The normalized spacial score (nSPS) is 34.2. The Bertz CT molecular complexity index is 83.3. The van der Waals surface area contributed by atoms with E-state index in [4.69, 9.17) is 0 Å². The van der Waals surface area contributed by atoms with Crippen molar-refractivity contribution in [3.8, 4) is 0 Å². The van der Waals surface area contributed by atoms with Crippen LogP contribution in [0, 0.1) is 0 Å². The van der Waals surface area contributed by atoms with E-state index in [1.165, 1.54) is 12.8 Å². The third kappa shape index (κ3) is 1.96. The molecular formula is C8H18N2. The van der Waals surface area contributed by atoms with Crippen LogP contribution in [0.15, 0.2) is 0 Å². The summed E-state index contributed by atoms with van der Waals surface area (Å²) in [6.07, 6.45) is 2.48. The van der Waals surface area contributed by atoms with E-state index in [9.17, 15) is 0 Å². The van der Waals surface area contributed by atoms with Crippen molar-refractivity contribution in [2.45, 2.75) is 38.8 Å². The van der Waals surface area contributed by atoms with Gasteiger partial charge < -0.3 is 10.6 Å². The smallest absolute Gasteiger partial charge is 0.0193 e. The summed E-state index contributed by atoms with van der Waals surface area (Å²) in [4.78, 5) is 0. The molecule has 2 nitrogen and oxygen atoms in total. The van der Waals surface area contributed by atoms with Gasteiger partial charge in [0.05, 0.1) is 0 Å². The molecular weight excluding hydrogens is 124 g/mol. The van der Waals surface area contributed by atoms with Gasteiger partial charge in [-0.25, -0.2) is 0 Å². The van der Waals surface area contributed by atoms with Gasteiger partial charge in [0.2, 0.25) is 0 Å². The predicted octanol–water partition coefficient (Wildman–Crippen LogP) is 0.736. The molecule has 1 aliphatic rings. The first kappa shape index (κ1) is 8.02. The third-order valence-corrected chi connectivity index (χ3v) is 2.24. The summed E-state index contributed by atoms with van der Waals surface area (Å²) >= 11 is 0. The maximum Gasteiger partial charge on any atom is 0.0193 e. The van der Waals surface area contributed by atoms with Crippen molar-refractivity contribution >= 4 is 0 Å². The molecule has 0 saturated carbocycles. The summed E-state index contributed by atoms with van der Waals surface area (Å²) in [6.45, 7) is 6.76. The summed E-state index contributed by atoms with van der Waals surface area (Å²) in [5, 5.41) is 7.01. The van der Waals surface area contributed by atoms with Crippen LogP contribution in [-0.4, -0.2) is 25.2 Å². The fraction of sp³-hybridized carbons (Fsp3) is 1.00. The van der Waals surface area contributed by atoms with Crippen LogP contribution >= 0.6 is 0 Å².